The van der Waals surface area contributed by atoms with Crippen LogP contribution in [-0.4, -0.2) is 31.0 Å². The number of aromatic nitrogens is 1. The average molecular weight is 430 g/mol. The van der Waals surface area contributed by atoms with Gasteiger partial charge in [0.15, 0.2) is 23.9 Å². The topological polar surface area (TPSA) is 95.2 Å². The van der Waals surface area contributed by atoms with Gasteiger partial charge in [0.25, 0.3) is 5.91 Å². The van der Waals surface area contributed by atoms with Crippen molar-refractivity contribution in [3.63, 3.8) is 0 Å². The predicted molar refractivity (Wildman–Crippen MR) is 112 cm³/mol. The summed E-state index contributed by atoms with van der Waals surface area (Å²) < 4.78 is 16.1. The molecule has 1 heterocycles. The van der Waals surface area contributed by atoms with E-state index < -0.39 is 5.91 Å². The Morgan fingerprint density at radius 3 is 2.70 bits per heavy atom. The van der Waals surface area contributed by atoms with Gasteiger partial charge >= 0.3 is 0 Å². The van der Waals surface area contributed by atoms with Gasteiger partial charge in [-0.05, 0) is 42.8 Å². The van der Waals surface area contributed by atoms with Gasteiger partial charge in [-0.2, -0.15) is 0 Å². The first kappa shape index (κ1) is 21.2. The zero-order chi connectivity index (χ0) is 21.3. The predicted octanol–water partition coefficient (Wildman–Crippen LogP) is 4.21. The Bertz CT molecular complexity index is 1020. The van der Waals surface area contributed by atoms with E-state index in [1.165, 1.54) is 6.21 Å². The van der Waals surface area contributed by atoms with E-state index in [9.17, 15) is 4.79 Å². The van der Waals surface area contributed by atoms with Crippen molar-refractivity contribution in [2.24, 2.45) is 5.16 Å². The van der Waals surface area contributed by atoms with Gasteiger partial charge in [-0.1, -0.05) is 34.0 Å². The van der Waals surface area contributed by atoms with Crippen molar-refractivity contribution >= 4 is 29.5 Å². The summed E-state index contributed by atoms with van der Waals surface area (Å²) in [5.41, 5.74) is 1.71. The number of ether oxygens (including phenoxy) is 2. The normalized spacial score (nSPS) is 10.8. The third-order valence-electron chi connectivity index (χ3n) is 3.86. The van der Waals surface area contributed by atoms with E-state index in [0.29, 0.717) is 34.7 Å². The van der Waals surface area contributed by atoms with Crippen molar-refractivity contribution in [3.05, 3.63) is 70.4 Å². The number of hydrogen-bond acceptors (Lipinski definition) is 7. The molecule has 0 aliphatic rings. The van der Waals surface area contributed by atoms with E-state index in [1.807, 2.05) is 24.3 Å². The number of benzene rings is 2. The molecule has 3 aromatic rings. The number of nitrogens with one attached hydrogen (secondary N) is 1. The van der Waals surface area contributed by atoms with Crippen molar-refractivity contribution in [1.29, 1.82) is 0 Å². The lowest BCUT2D eigenvalue weighted by atomic mass is 10.2. The number of carbonyl (C=O) groups excluding carboxylic acids is 1. The van der Waals surface area contributed by atoms with Gasteiger partial charge in [-0.3, -0.25) is 4.79 Å². The summed E-state index contributed by atoms with van der Waals surface area (Å²) in [7, 11) is 1.55. The van der Waals surface area contributed by atoms with Gasteiger partial charge in [-0.15, -0.1) is 0 Å². The second-order valence-electron chi connectivity index (χ2n) is 6.20. The number of aryl methyl sites for hydroxylation is 1. The Morgan fingerprint density at radius 2 is 2.00 bits per heavy atom. The molecule has 156 valence electrons. The molecule has 0 bridgehead atoms. The number of nitrogens with zero attached hydrogens (tertiary/aromatic N) is 2. The first-order valence-corrected chi connectivity index (χ1v) is 9.35. The zero-order valence-electron chi connectivity index (χ0n) is 16.4. The van der Waals surface area contributed by atoms with Crippen LogP contribution >= 0.6 is 11.6 Å². The molecule has 3 rings (SSSR count). The minimum Gasteiger partial charge on any atom is -0.493 e. The number of hydrogen-bond donors (Lipinski definition) is 1. The number of methoxy groups -OCH3 is 1. The molecule has 0 atom stereocenters. The Balaban J connectivity index is 1.50. The third kappa shape index (κ3) is 6.25. The maximum absolute atomic E-state index is 11.8. The van der Waals surface area contributed by atoms with Gasteiger partial charge in [-0.25, -0.2) is 0 Å². The summed E-state index contributed by atoms with van der Waals surface area (Å²) in [5.74, 6) is 1.66. The first-order valence-electron chi connectivity index (χ1n) is 8.97. The largest absolute Gasteiger partial charge is 0.493 e. The summed E-state index contributed by atoms with van der Waals surface area (Å²) in [4.78, 5) is 16.8. The lowest BCUT2D eigenvalue weighted by Gasteiger charge is -2.11. The minimum absolute atomic E-state index is 0.262. The number of anilines is 1. The highest BCUT2D eigenvalue weighted by Crippen LogP contribution is 2.28. The highest BCUT2D eigenvalue weighted by atomic mass is 35.5. The van der Waals surface area contributed by atoms with Crippen molar-refractivity contribution in [1.82, 2.24) is 5.16 Å². The molecular weight excluding hydrogens is 410 g/mol. The van der Waals surface area contributed by atoms with Gasteiger partial charge in [0.05, 0.1) is 13.3 Å². The van der Waals surface area contributed by atoms with E-state index in [4.69, 9.17) is 30.4 Å². The molecule has 1 N–H and O–H groups in total. The molecule has 8 nitrogen and oxygen atoms in total. The molecule has 0 radical (unpaired) electrons. The van der Waals surface area contributed by atoms with Crippen LogP contribution in [0.3, 0.4) is 0 Å². The Hall–Kier alpha value is -3.52. The monoisotopic (exact) mass is 429 g/mol. The quantitative estimate of drug-likeness (QED) is 0.404. The molecule has 9 heteroatoms. The van der Waals surface area contributed by atoms with E-state index in [0.717, 1.165) is 11.1 Å². The summed E-state index contributed by atoms with van der Waals surface area (Å²) in [6.07, 6.45) is 1.47. The van der Waals surface area contributed by atoms with Crippen molar-refractivity contribution in [2.45, 2.75) is 13.5 Å². The molecule has 30 heavy (non-hydrogen) atoms. The van der Waals surface area contributed by atoms with Crippen LogP contribution in [0.4, 0.5) is 5.82 Å². The fraction of sp³-hybridized carbons (Fsp3) is 0.190. The summed E-state index contributed by atoms with van der Waals surface area (Å²) >= 11 is 5.89. The van der Waals surface area contributed by atoms with E-state index in [-0.39, 0.29) is 6.61 Å². The molecule has 0 aliphatic carbocycles. The minimum atomic E-state index is -0.399. The number of oxime groups is 1. The van der Waals surface area contributed by atoms with Crippen LogP contribution < -0.4 is 14.8 Å². The van der Waals surface area contributed by atoms with Gasteiger partial charge in [0, 0.05) is 16.7 Å². The van der Waals surface area contributed by atoms with E-state index >= 15 is 0 Å². The molecule has 1 amide bonds. The van der Waals surface area contributed by atoms with Crippen LogP contribution in [0, 0.1) is 6.92 Å². The van der Waals surface area contributed by atoms with Gasteiger partial charge in [0.2, 0.25) is 0 Å². The highest BCUT2D eigenvalue weighted by Gasteiger charge is 2.07. The Labute approximate surface area is 178 Å². The van der Waals surface area contributed by atoms with E-state index in [1.54, 1.807) is 38.3 Å². The van der Waals surface area contributed by atoms with Gasteiger partial charge in [0.1, 0.15) is 12.4 Å². The van der Waals surface area contributed by atoms with Crippen molar-refractivity contribution in [3.8, 4) is 11.5 Å². The standard InChI is InChI=1S/C21H20ClN3O5/c1-14-9-20(25-30-14)24-21(26)13-29-23-11-16-5-8-18(19(10-16)27-2)28-12-15-3-6-17(22)7-4-15/h3-11H,12-13H2,1-2H3,(H,24,25,26)/b23-11+. The van der Waals surface area contributed by atoms with Crippen LogP contribution in [0.25, 0.3) is 0 Å². The summed E-state index contributed by atoms with van der Waals surface area (Å²) in [5, 5.41) is 10.7. The lowest BCUT2D eigenvalue weighted by Crippen LogP contribution is -2.17. The Morgan fingerprint density at radius 1 is 1.20 bits per heavy atom. The number of amides is 1. The van der Waals surface area contributed by atoms with Crippen molar-refractivity contribution < 1.29 is 23.6 Å². The second kappa shape index (κ2) is 10.3. The molecule has 0 saturated carbocycles. The fourth-order valence-corrected chi connectivity index (χ4v) is 2.55. The fourth-order valence-electron chi connectivity index (χ4n) is 2.42. The van der Waals surface area contributed by atoms with Crippen LogP contribution in [-0.2, 0) is 16.2 Å². The molecule has 0 spiro atoms. The smallest absolute Gasteiger partial charge is 0.266 e. The van der Waals surface area contributed by atoms with Crippen LogP contribution in [0.5, 0.6) is 11.5 Å². The Kier molecular flexibility index (Phi) is 7.29. The molecule has 0 saturated heterocycles. The van der Waals surface area contributed by atoms with Crippen LogP contribution in [0.2, 0.25) is 5.02 Å². The molecule has 2 aromatic carbocycles. The molecule has 1 aromatic heterocycles. The first-order chi connectivity index (χ1) is 14.5. The summed E-state index contributed by atoms with van der Waals surface area (Å²) in [6, 6.07) is 14.3. The lowest BCUT2D eigenvalue weighted by molar-refractivity contribution is -0.120. The summed E-state index contributed by atoms with van der Waals surface area (Å²) in [6.45, 7) is 1.85. The molecule has 0 fully saturated rings. The average Bonchev–Trinajstić information content (AvgIpc) is 3.15. The number of carbonyl (C=O) groups is 1. The number of halogens is 1. The van der Waals surface area contributed by atoms with Crippen LogP contribution in [0.1, 0.15) is 16.9 Å². The number of rotatable bonds is 9. The van der Waals surface area contributed by atoms with E-state index in [2.05, 4.69) is 15.6 Å². The SMILES string of the molecule is COc1cc(/C=N/OCC(=O)Nc2cc(C)on2)ccc1OCc1ccc(Cl)cc1. The maximum atomic E-state index is 11.8. The zero-order valence-corrected chi connectivity index (χ0v) is 17.2. The third-order valence-corrected chi connectivity index (χ3v) is 4.11. The molecular formula is C21H20ClN3O5. The molecule has 0 unspecified atom stereocenters. The molecule has 0 aliphatic heterocycles. The highest BCUT2D eigenvalue weighted by molar-refractivity contribution is 6.30. The second-order valence-corrected chi connectivity index (χ2v) is 6.64. The van der Waals surface area contributed by atoms with Gasteiger partial charge < -0.3 is 24.2 Å². The van der Waals surface area contributed by atoms with Crippen molar-refractivity contribution in [2.75, 3.05) is 19.0 Å². The maximum Gasteiger partial charge on any atom is 0.266 e. The van der Waals surface area contributed by atoms with Crippen LogP contribution in [0.15, 0.2) is 58.2 Å².